The number of carbonyl (C=O) groups is 1. The van der Waals surface area contributed by atoms with Crippen molar-refractivity contribution < 1.29 is 19.7 Å². The summed E-state index contributed by atoms with van der Waals surface area (Å²) >= 11 is 0. The monoisotopic (exact) mass is 175 g/mol. The summed E-state index contributed by atoms with van der Waals surface area (Å²) in [5, 5.41) is 18.0. The highest BCUT2D eigenvalue weighted by Gasteiger charge is 2.55. The molecule has 1 atom stereocenters. The van der Waals surface area contributed by atoms with Crippen molar-refractivity contribution in [3.8, 4) is 0 Å². The first-order chi connectivity index (χ1) is 5.54. The molecule has 2 N–H and O–H groups in total. The Bertz CT molecular complexity index is 190. The van der Waals surface area contributed by atoms with Crippen molar-refractivity contribution in [1.82, 2.24) is 4.90 Å². The summed E-state index contributed by atoms with van der Waals surface area (Å²) in [4.78, 5) is 12.1. The van der Waals surface area contributed by atoms with Gasteiger partial charge in [-0.25, -0.2) is 4.90 Å². The molecule has 0 aromatic rings. The van der Waals surface area contributed by atoms with Gasteiger partial charge in [-0.3, -0.25) is 4.79 Å². The van der Waals surface area contributed by atoms with Crippen molar-refractivity contribution in [2.45, 2.75) is 24.8 Å². The molecule has 0 aromatic heterocycles. The molecule has 0 aromatic carbocycles. The second kappa shape index (κ2) is 3.01. The van der Waals surface area contributed by atoms with E-state index in [1.165, 1.54) is 19.1 Å². The molecule has 12 heavy (non-hydrogen) atoms. The lowest BCUT2D eigenvalue weighted by Gasteiger charge is -2.27. The highest BCUT2D eigenvalue weighted by atomic mass is 16.6. The number of aliphatic hydroxyl groups excluding tert-OH is 1. The molecule has 1 unspecified atom stereocenters. The van der Waals surface area contributed by atoms with Crippen molar-refractivity contribution in [3.63, 3.8) is 0 Å². The van der Waals surface area contributed by atoms with Gasteiger partial charge in [0.2, 0.25) is 6.41 Å². The Hall–Kier alpha value is -0.650. The van der Waals surface area contributed by atoms with E-state index in [-0.39, 0.29) is 0 Å². The molecule has 0 spiro atoms. The first kappa shape index (κ1) is 9.44. The van der Waals surface area contributed by atoms with E-state index >= 15 is 0 Å². The van der Waals surface area contributed by atoms with E-state index in [9.17, 15) is 9.90 Å². The highest BCUT2D eigenvalue weighted by molar-refractivity contribution is 5.82. The van der Waals surface area contributed by atoms with Gasteiger partial charge in [0.1, 0.15) is 5.54 Å². The number of likely N-dealkylation sites (N-methyl/N-ethyl adjacent to an activating group) is 1. The van der Waals surface area contributed by atoms with Crippen LogP contribution in [0.2, 0.25) is 0 Å². The third-order valence-electron chi connectivity index (χ3n) is 2.34. The number of hydrogen-bond donors (Lipinski definition) is 2. The molecule has 5 heteroatoms. The van der Waals surface area contributed by atoms with Gasteiger partial charge >= 0.3 is 5.97 Å². The van der Waals surface area contributed by atoms with Gasteiger partial charge in [0, 0.05) is 7.11 Å². The Labute approximate surface area is 70.5 Å². The Morgan fingerprint density at radius 2 is 2.17 bits per heavy atom. The molecule has 1 saturated carbocycles. The van der Waals surface area contributed by atoms with Crippen LogP contribution in [0.3, 0.4) is 0 Å². The molecule has 0 bridgehead atoms. The maximum absolute atomic E-state index is 10.7. The lowest BCUT2D eigenvalue weighted by molar-refractivity contribution is -0.194. The van der Waals surface area contributed by atoms with Crippen molar-refractivity contribution in [2.75, 3.05) is 14.2 Å². The molecular formula is C7H13NO4. The van der Waals surface area contributed by atoms with E-state index < -0.39 is 17.9 Å². The third kappa shape index (κ3) is 1.31. The van der Waals surface area contributed by atoms with Gasteiger partial charge in [0.05, 0.1) is 0 Å². The largest absolute Gasteiger partial charge is 0.480 e. The average molecular weight is 175 g/mol. The molecule has 5 nitrogen and oxygen atoms in total. The Balaban J connectivity index is 2.63. The Morgan fingerprint density at radius 1 is 1.67 bits per heavy atom. The van der Waals surface area contributed by atoms with Crippen LogP contribution < -0.4 is 0 Å². The standard InChI is InChI=1S/C7H13NO4/c1-8(6(11)12-2)7(3-4-7)5(9)10/h6,11H,3-4H2,1-2H3,(H,9,10). The van der Waals surface area contributed by atoms with Crippen molar-refractivity contribution in [3.05, 3.63) is 0 Å². The predicted octanol–water partition coefficient (Wildman–Crippen LogP) is -0.542. The fourth-order valence-corrected chi connectivity index (χ4v) is 1.21. The fraction of sp³-hybridized carbons (Fsp3) is 0.857. The Morgan fingerprint density at radius 3 is 2.42 bits per heavy atom. The molecular weight excluding hydrogens is 162 g/mol. The minimum absolute atomic E-state index is 0.569. The molecule has 1 aliphatic rings. The maximum atomic E-state index is 10.7. The minimum Gasteiger partial charge on any atom is -0.480 e. The van der Waals surface area contributed by atoms with Crippen molar-refractivity contribution in [1.29, 1.82) is 0 Å². The summed E-state index contributed by atoms with van der Waals surface area (Å²) in [5.74, 6) is -0.902. The predicted molar refractivity (Wildman–Crippen MR) is 40.4 cm³/mol. The number of hydrogen-bond acceptors (Lipinski definition) is 4. The zero-order chi connectivity index (χ0) is 9.35. The lowest BCUT2D eigenvalue weighted by atomic mass is 10.2. The Kier molecular flexibility index (Phi) is 2.36. The molecule has 0 aliphatic heterocycles. The van der Waals surface area contributed by atoms with Crippen LogP contribution in [0.25, 0.3) is 0 Å². The molecule has 1 rings (SSSR count). The van der Waals surface area contributed by atoms with Crippen LogP contribution in [-0.2, 0) is 9.53 Å². The zero-order valence-corrected chi connectivity index (χ0v) is 7.15. The second-order valence-corrected chi connectivity index (χ2v) is 3.01. The van der Waals surface area contributed by atoms with Gasteiger partial charge in [0.25, 0.3) is 0 Å². The van der Waals surface area contributed by atoms with E-state index in [2.05, 4.69) is 4.74 Å². The number of carboxylic acids is 1. The van der Waals surface area contributed by atoms with E-state index in [1.54, 1.807) is 0 Å². The maximum Gasteiger partial charge on any atom is 0.324 e. The quantitative estimate of drug-likeness (QED) is 0.561. The number of carboxylic acid groups (broad SMARTS) is 1. The summed E-state index contributed by atoms with van der Waals surface area (Å²) in [6.07, 6.45) is 0.00185. The summed E-state index contributed by atoms with van der Waals surface area (Å²) < 4.78 is 4.61. The van der Waals surface area contributed by atoms with Crippen LogP contribution in [0.5, 0.6) is 0 Å². The second-order valence-electron chi connectivity index (χ2n) is 3.01. The number of methoxy groups -OCH3 is 1. The topological polar surface area (TPSA) is 70.0 Å². The molecule has 0 amide bonds. The van der Waals surface area contributed by atoms with Gasteiger partial charge in [-0.1, -0.05) is 0 Å². The van der Waals surface area contributed by atoms with Crippen LogP contribution in [0.4, 0.5) is 0 Å². The van der Waals surface area contributed by atoms with E-state index in [4.69, 9.17) is 5.11 Å². The average Bonchev–Trinajstić information content (AvgIpc) is 2.81. The lowest BCUT2D eigenvalue weighted by Crippen LogP contribution is -2.47. The summed E-state index contributed by atoms with van der Waals surface area (Å²) in [6, 6.07) is 0. The summed E-state index contributed by atoms with van der Waals surface area (Å²) in [6.45, 7) is 0. The van der Waals surface area contributed by atoms with Crippen molar-refractivity contribution >= 4 is 5.97 Å². The normalized spacial score (nSPS) is 22.3. The van der Waals surface area contributed by atoms with Crippen LogP contribution in [-0.4, -0.2) is 47.2 Å². The van der Waals surface area contributed by atoms with E-state index in [1.807, 2.05) is 0 Å². The first-order valence-corrected chi connectivity index (χ1v) is 3.72. The molecule has 1 aliphatic carbocycles. The third-order valence-corrected chi connectivity index (χ3v) is 2.34. The zero-order valence-electron chi connectivity index (χ0n) is 7.15. The number of aliphatic hydroxyl groups is 1. The number of ether oxygens (including phenoxy) is 1. The smallest absolute Gasteiger partial charge is 0.324 e. The summed E-state index contributed by atoms with van der Waals surface area (Å²) in [7, 11) is 2.87. The molecule has 1 fully saturated rings. The molecule has 0 radical (unpaired) electrons. The molecule has 0 heterocycles. The van der Waals surface area contributed by atoms with Crippen LogP contribution in [0, 0.1) is 0 Å². The first-order valence-electron chi connectivity index (χ1n) is 3.72. The fourth-order valence-electron chi connectivity index (χ4n) is 1.21. The molecule has 0 saturated heterocycles. The number of aliphatic carboxylic acids is 1. The summed E-state index contributed by atoms with van der Waals surface area (Å²) in [5.41, 5.74) is -0.893. The van der Waals surface area contributed by atoms with Crippen LogP contribution >= 0.6 is 0 Å². The number of nitrogens with zero attached hydrogens (tertiary/aromatic N) is 1. The van der Waals surface area contributed by atoms with E-state index in [0.717, 1.165) is 0 Å². The van der Waals surface area contributed by atoms with Gasteiger partial charge in [-0.15, -0.1) is 0 Å². The van der Waals surface area contributed by atoms with Gasteiger partial charge in [-0.2, -0.15) is 0 Å². The van der Waals surface area contributed by atoms with Gasteiger partial charge in [0.15, 0.2) is 0 Å². The van der Waals surface area contributed by atoms with Gasteiger partial charge in [-0.05, 0) is 19.9 Å². The number of rotatable bonds is 4. The molecule has 70 valence electrons. The van der Waals surface area contributed by atoms with E-state index in [0.29, 0.717) is 12.8 Å². The van der Waals surface area contributed by atoms with Gasteiger partial charge < -0.3 is 14.9 Å². The van der Waals surface area contributed by atoms with Crippen LogP contribution in [0.1, 0.15) is 12.8 Å². The SMILES string of the molecule is COC(O)N(C)C1(C(=O)O)CC1. The minimum atomic E-state index is -1.14. The van der Waals surface area contributed by atoms with Crippen LogP contribution in [0.15, 0.2) is 0 Å². The van der Waals surface area contributed by atoms with Crippen molar-refractivity contribution in [2.24, 2.45) is 0 Å². The highest BCUT2D eigenvalue weighted by Crippen LogP contribution is 2.41.